The van der Waals surface area contributed by atoms with Gasteiger partial charge in [-0.3, -0.25) is 4.79 Å². The monoisotopic (exact) mass is 386 g/mol. The molecule has 0 aliphatic rings. The van der Waals surface area contributed by atoms with Gasteiger partial charge in [-0.2, -0.15) is 5.10 Å². The first-order valence-electron chi connectivity index (χ1n) is 9.32. The number of fused-ring (bicyclic) bond motifs is 1. The molecule has 3 rings (SSSR count). The predicted octanol–water partition coefficient (Wildman–Crippen LogP) is 4.21. The molecular formula is C20H26N4O2S. The Kier molecular flexibility index (Phi) is 6.23. The minimum absolute atomic E-state index is 0.100. The van der Waals surface area contributed by atoms with Crippen molar-refractivity contribution in [3.05, 3.63) is 34.8 Å². The van der Waals surface area contributed by atoms with Gasteiger partial charge in [0.15, 0.2) is 5.65 Å². The van der Waals surface area contributed by atoms with E-state index in [1.54, 1.807) is 17.5 Å². The highest BCUT2D eigenvalue weighted by Gasteiger charge is 2.18. The van der Waals surface area contributed by atoms with Crippen LogP contribution in [0, 0.1) is 6.92 Å². The summed E-state index contributed by atoms with van der Waals surface area (Å²) in [4.78, 5) is 19.9. The van der Waals surface area contributed by atoms with Gasteiger partial charge in [-0.15, -0.1) is 11.3 Å². The molecule has 0 aliphatic carbocycles. The molecule has 1 amide bonds. The van der Waals surface area contributed by atoms with E-state index in [2.05, 4.69) is 37.3 Å². The summed E-state index contributed by atoms with van der Waals surface area (Å²) in [5.74, 6) is -0.100. The molecule has 7 heteroatoms. The van der Waals surface area contributed by atoms with Crippen LogP contribution in [0.1, 0.15) is 48.5 Å². The summed E-state index contributed by atoms with van der Waals surface area (Å²) in [5, 5.41) is 8.23. The zero-order chi connectivity index (χ0) is 19.4. The van der Waals surface area contributed by atoms with Crippen molar-refractivity contribution in [2.45, 2.75) is 40.2 Å². The summed E-state index contributed by atoms with van der Waals surface area (Å²) >= 11 is 1.67. The molecule has 1 N–H and O–H groups in total. The standard InChI is InChI=1S/C20H26N4O2S/c1-5-26-10-6-9-21-20(25)15-11-17(18-8-7-14(4)27-18)23-19-16(15)12-22-24(19)13(2)3/h7-8,11-13H,5-6,9-10H2,1-4H3,(H,21,25). The Labute approximate surface area is 163 Å². The van der Waals surface area contributed by atoms with Crippen LogP contribution < -0.4 is 5.32 Å². The van der Waals surface area contributed by atoms with Crippen molar-refractivity contribution in [2.24, 2.45) is 0 Å². The summed E-state index contributed by atoms with van der Waals surface area (Å²) in [6.45, 7) is 10.1. The maximum Gasteiger partial charge on any atom is 0.252 e. The molecule has 0 bridgehead atoms. The molecule has 6 nitrogen and oxygen atoms in total. The fraction of sp³-hybridized carbons (Fsp3) is 0.450. The van der Waals surface area contributed by atoms with Crippen LogP contribution >= 0.6 is 11.3 Å². The van der Waals surface area contributed by atoms with E-state index in [0.29, 0.717) is 25.3 Å². The van der Waals surface area contributed by atoms with E-state index in [0.717, 1.165) is 28.0 Å². The summed E-state index contributed by atoms with van der Waals surface area (Å²) < 4.78 is 7.19. The van der Waals surface area contributed by atoms with Gasteiger partial charge in [0.1, 0.15) is 0 Å². The minimum Gasteiger partial charge on any atom is -0.382 e. The average Bonchev–Trinajstić information content (AvgIpc) is 3.26. The number of ether oxygens (including phenoxy) is 1. The van der Waals surface area contributed by atoms with Crippen molar-refractivity contribution >= 4 is 28.3 Å². The SMILES string of the molecule is CCOCCCNC(=O)c1cc(-c2ccc(C)s2)nc2c1cnn2C(C)C. The van der Waals surface area contributed by atoms with Crippen LogP contribution in [-0.2, 0) is 4.74 Å². The second-order valence-corrected chi connectivity index (χ2v) is 7.98. The highest BCUT2D eigenvalue weighted by Crippen LogP contribution is 2.30. The third-order valence-electron chi connectivity index (χ3n) is 4.25. The Balaban J connectivity index is 1.96. The maximum atomic E-state index is 12.8. The zero-order valence-electron chi connectivity index (χ0n) is 16.3. The number of rotatable bonds is 8. The van der Waals surface area contributed by atoms with E-state index in [4.69, 9.17) is 9.72 Å². The van der Waals surface area contributed by atoms with Gasteiger partial charge >= 0.3 is 0 Å². The molecule has 144 valence electrons. The molecule has 0 spiro atoms. The molecule has 0 unspecified atom stereocenters. The highest BCUT2D eigenvalue weighted by molar-refractivity contribution is 7.15. The number of amides is 1. The van der Waals surface area contributed by atoms with E-state index in [-0.39, 0.29) is 11.9 Å². The second-order valence-electron chi connectivity index (χ2n) is 6.69. The molecule has 0 atom stereocenters. The van der Waals surface area contributed by atoms with Crippen LogP contribution in [0.5, 0.6) is 0 Å². The number of aromatic nitrogens is 3. The molecule has 0 fully saturated rings. The Morgan fingerprint density at radius 1 is 1.37 bits per heavy atom. The molecule has 0 aliphatic heterocycles. The van der Waals surface area contributed by atoms with Crippen molar-refractivity contribution in [3.8, 4) is 10.6 Å². The number of carbonyl (C=O) groups is 1. The lowest BCUT2D eigenvalue weighted by Crippen LogP contribution is -2.25. The molecule has 3 heterocycles. The first kappa shape index (κ1) is 19.5. The largest absolute Gasteiger partial charge is 0.382 e. The van der Waals surface area contributed by atoms with Crippen molar-refractivity contribution in [3.63, 3.8) is 0 Å². The quantitative estimate of drug-likeness (QED) is 0.589. The van der Waals surface area contributed by atoms with Crippen molar-refractivity contribution < 1.29 is 9.53 Å². The van der Waals surface area contributed by atoms with Crippen LogP contribution in [0.4, 0.5) is 0 Å². The third-order valence-corrected chi connectivity index (χ3v) is 5.27. The van der Waals surface area contributed by atoms with Crippen LogP contribution in [-0.4, -0.2) is 40.4 Å². The molecule has 0 radical (unpaired) electrons. The Hall–Kier alpha value is -2.25. The normalized spacial score (nSPS) is 11.4. The van der Waals surface area contributed by atoms with Crippen LogP contribution in [0.3, 0.4) is 0 Å². The number of hydrogen-bond acceptors (Lipinski definition) is 5. The van der Waals surface area contributed by atoms with E-state index < -0.39 is 0 Å². The van der Waals surface area contributed by atoms with Crippen molar-refractivity contribution in [1.29, 1.82) is 0 Å². The van der Waals surface area contributed by atoms with E-state index in [1.165, 1.54) is 4.88 Å². The lowest BCUT2D eigenvalue weighted by atomic mass is 10.1. The first-order chi connectivity index (χ1) is 13.0. The molecule has 27 heavy (non-hydrogen) atoms. The third kappa shape index (κ3) is 4.36. The number of thiophene rings is 1. The summed E-state index contributed by atoms with van der Waals surface area (Å²) in [7, 11) is 0. The Bertz CT molecular complexity index is 929. The second kappa shape index (κ2) is 8.63. The van der Waals surface area contributed by atoms with Gasteiger partial charge in [0.2, 0.25) is 0 Å². The lowest BCUT2D eigenvalue weighted by Gasteiger charge is -2.10. The number of pyridine rings is 1. The van der Waals surface area contributed by atoms with Gasteiger partial charge in [0, 0.05) is 30.7 Å². The smallest absolute Gasteiger partial charge is 0.252 e. The highest BCUT2D eigenvalue weighted by atomic mass is 32.1. The predicted molar refractivity (Wildman–Crippen MR) is 109 cm³/mol. The van der Waals surface area contributed by atoms with Gasteiger partial charge in [-0.05, 0) is 52.3 Å². The van der Waals surface area contributed by atoms with Gasteiger partial charge in [0.25, 0.3) is 5.91 Å². The first-order valence-corrected chi connectivity index (χ1v) is 10.1. The van der Waals surface area contributed by atoms with E-state index in [1.807, 2.05) is 23.7 Å². The Morgan fingerprint density at radius 2 is 2.19 bits per heavy atom. The molecule has 3 aromatic heterocycles. The molecule has 3 aromatic rings. The van der Waals surface area contributed by atoms with E-state index >= 15 is 0 Å². The van der Waals surface area contributed by atoms with Gasteiger partial charge in [0.05, 0.1) is 27.7 Å². The van der Waals surface area contributed by atoms with E-state index in [9.17, 15) is 4.79 Å². The number of nitrogens with zero attached hydrogens (tertiary/aromatic N) is 3. The van der Waals surface area contributed by atoms with Crippen LogP contribution in [0.2, 0.25) is 0 Å². The van der Waals surface area contributed by atoms with Crippen LogP contribution in [0.25, 0.3) is 21.6 Å². The number of hydrogen-bond donors (Lipinski definition) is 1. The average molecular weight is 387 g/mol. The fourth-order valence-electron chi connectivity index (χ4n) is 2.90. The van der Waals surface area contributed by atoms with Crippen molar-refractivity contribution in [1.82, 2.24) is 20.1 Å². The lowest BCUT2D eigenvalue weighted by molar-refractivity contribution is 0.0946. The number of carbonyl (C=O) groups excluding carboxylic acids is 1. The van der Waals surface area contributed by atoms with Crippen molar-refractivity contribution in [2.75, 3.05) is 19.8 Å². The Morgan fingerprint density at radius 3 is 2.85 bits per heavy atom. The molecule has 0 saturated carbocycles. The van der Waals surface area contributed by atoms with Gasteiger partial charge < -0.3 is 10.1 Å². The number of nitrogens with one attached hydrogen (secondary N) is 1. The molecular weight excluding hydrogens is 360 g/mol. The topological polar surface area (TPSA) is 69.0 Å². The molecule has 0 aromatic carbocycles. The summed E-state index contributed by atoms with van der Waals surface area (Å²) in [6, 6.07) is 6.16. The minimum atomic E-state index is -0.100. The fourth-order valence-corrected chi connectivity index (χ4v) is 3.73. The summed E-state index contributed by atoms with van der Waals surface area (Å²) in [5.41, 5.74) is 2.17. The van der Waals surface area contributed by atoms with Gasteiger partial charge in [-0.25, -0.2) is 9.67 Å². The summed E-state index contributed by atoms with van der Waals surface area (Å²) in [6.07, 6.45) is 2.52. The van der Waals surface area contributed by atoms with Gasteiger partial charge in [-0.1, -0.05) is 0 Å². The van der Waals surface area contributed by atoms with Crippen LogP contribution in [0.15, 0.2) is 24.4 Å². The zero-order valence-corrected chi connectivity index (χ0v) is 17.1. The molecule has 0 saturated heterocycles. The maximum absolute atomic E-state index is 12.8. The number of aryl methyl sites for hydroxylation is 1.